The van der Waals surface area contributed by atoms with Crippen LogP contribution in [0, 0.1) is 0 Å². The number of benzene rings is 1. The second kappa shape index (κ2) is 11.5. The zero-order valence-electron chi connectivity index (χ0n) is 13.9. The Bertz CT molecular complexity index is 414. The van der Waals surface area contributed by atoms with Gasteiger partial charge in [0, 0.05) is 5.02 Å². The first-order valence-corrected chi connectivity index (χ1v) is 8.90. The molecule has 1 unspecified atom stereocenters. The third kappa shape index (κ3) is 7.31. The number of carbonyl (C=O) groups is 1. The molecule has 0 aliphatic heterocycles. The van der Waals surface area contributed by atoms with Gasteiger partial charge in [0.2, 0.25) is 0 Å². The van der Waals surface area contributed by atoms with Crippen LogP contribution in [-0.2, 0) is 9.53 Å². The molecule has 0 aromatic heterocycles. The Labute approximate surface area is 140 Å². The van der Waals surface area contributed by atoms with Crippen LogP contribution >= 0.6 is 11.6 Å². The molecule has 2 nitrogen and oxygen atoms in total. The molecular formula is C19H29ClO2. The van der Waals surface area contributed by atoms with Crippen molar-refractivity contribution in [3.8, 4) is 0 Å². The van der Waals surface area contributed by atoms with E-state index in [9.17, 15) is 4.79 Å². The van der Waals surface area contributed by atoms with Gasteiger partial charge in [-0.25, -0.2) is 0 Å². The summed E-state index contributed by atoms with van der Waals surface area (Å²) in [6.07, 6.45) is 11.0. The van der Waals surface area contributed by atoms with Crippen LogP contribution in [0.1, 0.15) is 76.2 Å². The first-order chi connectivity index (χ1) is 10.7. The minimum atomic E-state index is -0.164. The zero-order valence-corrected chi connectivity index (χ0v) is 14.7. The molecule has 3 heteroatoms. The van der Waals surface area contributed by atoms with Crippen molar-refractivity contribution in [1.29, 1.82) is 0 Å². The monoisotopic (exact) mass is 324 g/mol. The van der Waals surface area contributed by atoms with Gasteiger partial charge in [-0.3, -0.25) is 4.79 Å². The normalized spacial score (nSPS) is 12.1. The lowest BCUT2D eigenvalue weighted by Crippen LogP contribution is -2.14. The number of halogens is 1. The average molecular weight is 325 g/mol. The van der Waals surface area contributed by atoms with Crippen LogP contribution in [0.4, 0.5) is 0 Å². The summed E-state index contributed by atoms with van der Waals surface area (Å²) in [6, 6.07) is 7.52. The fraction of sp³-hybridized carbons (Fsp3) is 0.632. The summed E-state index contributed by atoms with van der Waals surface area (Å²) >= 11 is 5.91. The Morgan fingerprint density at radius 1 is 1.00 bits per heavy atom. The van der Waals surface area contributed by atoms with Gasteiger partial charge in [-0.05, 0) is 24.1 Å². The molecule has 0 aliphatic rings. The Morgan fingerprint density at radius 3 is 2.09 bits per heavy atom. The van der Waals surface area contributed by atoms with E-state index in [1.165, 1.54) is 52.1 Å². The SMILES string of the molecule is CCCCCCCCCCC(C(=O)OC)c1ccc(Cl)cc1. The lowest BCUT2D eigenvalue weighted by Gasteiger charge is -2.15. The van der Waals surface area contributed by atoms with E-state index in [1.54, 1.807) is 0 Å². The van der Waals surface area contributed by atoms with Crippen LogP contribution in [0.3, 0.4) is 0 Å². The average Bonchev–Trinajstić information content (AvgIpc) is 2.54. The molecule has 0 radical (unpaired) electrons. The minimum absolute atomic E-state index is 0.148. The van der Waals surface area contributed by atoms with Gasteiger partial charge in [-0.2, -0.15) is 0 Å². The molecule has 0 heterocycles. The molecule has 124 valence electrons. The highest BCUT2D eigenvalue weighted by atomic mass is 35.5. The number of unbranched alkanes of at least 4 members (excludes halogenated alkanes) is 7. The fourth-order valence-corrected chi connectivity index (χ4v) is 2.87. The second-order valence-corrected chi connectivity index (χ2v) is 6.33. The molecule has 0 fully saturated rings. The third-order valence-corrected chi connectivity index (χ3v) is 4.36. The van der Waals surface area contributed by atoms with Crippen molar-refractivity contribution in [3.63, 3.8) is 0 Å². The summed E-state index contributed by atoms with van der Waals surface area (Å²) in [6.45, 7) is 2.24. The summed E-state index contributed by atoms with van der Waals surface area (Å²) in [5, 5.41) is 0.694. The fourth-order valence-electron chi connectivity index (χ4n) is 2.74. The van der Waals surface area contributed by atoms with Gasteiger partial charge in [-0.15, -0.1) is 0 Å². The molecule has 1 aromatic rings. The first kappa shape index (κ1) is 19.0. The molecule has 1 aromatic carbocycles. The van der Waals surface area contributed by atoms with E-state index >= 15 is 0 Å². The van der Waals surface area contributed by atoms with Gasteiger partial charge in [0.25, 0.3) is 0 Å². The van der Waals surface area contributed by atoms with Gasteiger partial charge in [-0.1, -0.05) is 82.0 Å². The first-order valence-electron chi connectivity index (χ1n) is 8.52. The van der Waals surface area contributed by atoms with E-state index < -0.39 is 0 Å². The molecule has 0 N–H and O–H groups in total. The van der Waals surface area contributed by atoms with E-state index in [1.807, 2.05) is 24.3 Å². The van der Waals surface area contributed by atoms with Crippen LogP contribution in [0.15, 0.2) is 24.3 Å². The molecular weight excluding hydrogens is 296 g/mol. The maximum absolute atomic E-state index is 12.0. The van der Waals surface area contributed by atoms with Gasteiger partial charge >= 0.3 is 5.97 Å². The lowest BCUT2D eigenvalue weighted by atomic mass is 9.93. The summed E-state index contributed by atoms with van der Waals surface area (Å²) in [4.78, 5) is 12.0. The highest BCUT2D eigenvalue weighted by Gasteiger charge is 2.20. The van der Waals surface area contributed by atoms with Crippen molar-refractivity contribution in [2.45, 2.75) is 70.6 Å². The highest BCUT2D eigenvalue weighted by Crippen LogP contribution is 2.25. The van der Waals surface area contributed by atoms with Crippen molar-refractivity contribution in [2.24, 2.45) is 0 Å². The van der Waals surface area contributed by atoms with Crippen LogP contribution < -0.4 is 0 Å². The molecule has 1 rings (SSSR count). The topological polar surface area (TPSA) is 26.3 Å². The van der Waals surface area contributed by atoms with E-state index in [0.717, 1.165) is 18.4 Å². The number of methoxy groups -OCH3 is 1. The number of carbonyl (C=O) groups excluding carboxylic acids is 1. The Morgan fingerprint density at radius 2 is 1.55 bits per heavy atom. The van der Waals surface area contributed by atoms with E-state index in [0.29, 0.717) is 5.02 Å². The van der Waals surface area contributed by atoms with E-state index in [2.05, 4.69) is 6.92 Å². The highest BCUT2D eigenvalue weighted by molar-refractivity contribution is 6.30. The molecule has 22 heavy (non-hydrogen) atoms. The zero-order chi connectivity index (χ0) is 16.2. The standard InChI is InChI=1S/C19H29ClO2/c1-3-4-5-6-7-8-9-10-11-18(19(21)22-2)16-12-14-17(20)15-13-16/h12-15,18H,3-11H2,1-2H3. The predicted octanol–water partition coefficient (Wildman–Crippen LogP) is 6.13. The largest absolute Gasteiger partial charge is 0.469 e. The van der Waals surface area contributed by atoms with Crippen LogP contribution in [0.25, 0.3) is 0 Å². The van der Waals surface area contributed by atoms with Crippen molar-refractivity contribution in [2.75, 3.05) is 7.11 Å². The second-order valence-electron chi connectivity index (χ2n) is 5.89. The summed E-state index contributed by atoms with van der Waals surface area (Å²) in [5.74, 6) is -0.312. The number of ether oxygens (including phenoxy) is 1. The maximum atomic E-state index is 12.0. The number of rotatable bonds is 11. The lowest BCUT2D eigenvalue weighted by molar-refractivity contribution is -0.142. The summed E-state index contributed by atoms with van der Waals surface area (Å²) in [5.41, 5.74) is 0.999. The number of hydrogen-bond donors (Lipinski definition) is 0. The quantitative estimate of drug-likeness (QED) is 0.361. The summed E-state index contributed by atoms with van der Waals surface area (Å²) < 4.78 is 4.95. The molecule has 0 bridgehead atoms. The van der Waals surface area contributed by atoms with Crippen molar-refractivity contribution >= 4 is 17.6 Å². The van der Waals surface area contributed by atoms with Crippen LogP contribution in [0.5, 0.6) is 0 Å². The Kier molecular flexibility index (Phi) is 9.98. The minimum Gasteiger partial charge on any atom is -0.469 e. The van der Waals surface area contributed by atoms with Gasteiger partial charge in [0.05, 0.1) is 13.0 Å². The van der Waals surface area contributed by atoms with Gasteiger partial charge in [0.1, 0.15) is 0 Å². The van der Waals surface area contributed by atoms with Crippen LogP contribution in [-0.4, -0.2) is 13.1 Å². The number of hydrogen-bond acceptors (Lipinski definition) is 2. The molecule has 0 saturated carbocycles. The van der Waals surface area contributed by atoms with Gasteiger partial charge in [0.15, 0.2) is 0 Å². The van der Waals surface area contributed by atoms with E-state index in [4.69, 9.17) is 16.3 Å². The molecule has 0 aliphatic carbocycles. The number of esters is 1. The molecule has 0 saturated heterocycles. The van der Waals surface area contributed by atoms with Gasteiger partial charge < -0.3 is 4.74 Å². The molecule has 0 spiro atoms. The van der Waals surface area contributed by atoms with Crippen molar-refractivity contribution in [3.05, 3.63) is 34.9 Å². The Hall–Kier alpha value is -1.02. The Balaban J connectivity index is 2.34. The van der Waals surface area contributed by atoms with Crippen LogP contribution in [0.2, 0.25) is 5.02 Å². The molecule has 1 atom stereocenters. The van der Waals surface area contributed by atoms with Crippen molar-refractivity contribution in [1.82, 2.24) is 0 Å². The molecule has 0 amide bonds. The summed E-state index contributed by atoms with van der Waals surface area (Å²) in [7, 11) is 1.46. The smallest absolute Gasteiger partial charge is 0.313 e. The van der Waals surface area contributed by atoms with E-state index in [-0.39, 0.29) is 11.9 Å². The predicted molar refractivity (Wildman–Crippen MR) is 93.4 cm³/mol. The third-order valence-electron chi connectivity index (χ3n) is 4.10. The maximum Gasteiger partial charge on any atom is 0.313 e. The van der Waals surface area contributed by atoms with Crippen molar-refractivity contribution < 1.29 is 9.53 Å².